The largest absolute Gasteiger partial charge is 0.382 e. The van der Waals surface area contributed by atoms with E-state index in [2.05, 4.69) is 12.2 Å². The van der Waals surface area contributed by atoms with Crippen LogP contribution < -0.4 is 5.32 Å². The fourth-order valence-corrected chi connectivity index (χ4v) is 1.79. The van der Waals surface area contributed by atoms with Gasteiger partial charge in [0.25, 0.3) is 0 Å². The van der Waals surface area contributed by atoms with Crippen LogP contribution in [0.25, 0.3) is 0 Å². The van der Waals surface area contributed by atoms with Crippen LogP contribution in [0.2, 0.25) is 0 Å². The number of nitrogens with one attached hydrogen (secondary N) is 1. The molecule has 1 fully saturated rings. The normalized spacial score (nSPS) is 20.4. The number of nitrogens with zero attached hydrogens (tertiary/aromatic N) is 1. The van der Waals surface area contributed by atoms with Crippen LogP contribution in [0.4, 0.5) is 0 Å². The van der Waals surface area contributed by atoms with Crippen molar-refractivity contribution in [2.45, 2.75) is 32.7 Å². The molecule has 1 heterocycles. The first-order valence-corrected chi connectivity index (χ1v) is 5.83. The van der Waals surface area contributed by atoms with Gasteiger partial charge >= 0.3 is 0 Å². The van der Waals surface area contributed by atoms with Crippen molar-refractivity contribution in [1.29, 1.82) is 0 Å². The lowest BCUT2D eigenvalue weighted by Gasteiger charge is -2.32. The Morgan fingerprint density at radius 3 is 2.94 bits per heavy atom. The Morgan fingerprint density at radius 2 is 2.31 bits per heavy atom. The molecule has 1 atom stereocenters. The van der Waals surface area contributed by atoms with Crippen molar-refractivity contribution in [2.75, 3.05) is 32.8 Å². The van der Waals surface area contributed by atoms with Crippen LogP contribution in [0.1, 0.15) is 26.7 Å². The highest BCUT2D eigenvalue weighted by molar-refractivity contribution is 5.85. The summed E-state index contributed by atoms with van der Waals surface area (Å²) in [6.45, 7) is 8.12. The summed E-state index contributed by atoms with van der Waals surface area (Å²) in [5.74, 6) is 0.267. The van der Waals surface area contributed by atoms with Gasteiger partial charge in [0.1, 0.15) is 0 Å². The van der Waals surface area contributed by atoms with E-state index in [1.165, 1.54) is 0 Å². The van der Waals surface area contributed by atoms with Crippen molar-refractivity contribution in [1.82, 2.24) is 10.2 Å². The number of rotatable bonds is 5. The summed E-state index contributed by atoms with van der Waals surface area (Å²) in [7, 11) is 0. The minimum absolute atomic E-state index is 0. The molecule has 1 rings (SSSR count). The molecular formula is C11H23ClN2O2. The Kier molecular flexibility index (Phi) is 8.61. The third kappa shape index (κ3) is 5.68. The first kappa shape index (κ1) is 15.7. The van der Waals surface area contributed by atoms with Crippen LogP contribution >= 0.6 is 12.4 Å². The lowest BCUT2D eigenvalue weighted by molar-refractivity contribution is -0.132. The van der Waals surface area contributed by atoms with Gasteiger partial charge in [-0.05, 0) is 20.3 Å². The summed E-state index contributed by atoms with van der Waals surface area (Å²) < 4.78 is 5.21. The Labute approximate surface area is 104 Å². The summed E-state index contributed by atoms with van der Waals surface area (Å²) in [5.41, 5.74) is 0. The standard InChI is InChI=1S/C11H22N2O2.ClH/c1-3-15-8-4-5-11(14)13-7-6-12-10(2)9-13;/h10,12H,3-9H2,1-2H3;1H. The minimum Gasteiger partial charge on any atom is -0.382 e. The van der Waals surface area contributed by atoms with E-state index in [-0.39, 0.29) is 18.3 Å². The van der Waals surface area contributed by atoms with Crippen molar-refractivity contribution in [2.24, 2.45) is 0 Å². The second-order valence-electron chi connectivity index (χ2n) is 4.00. The van der Waals surface area contributed by atoms with Crippen LogP contribution in [0, 0.1) is 0 Å². The molecule has 0 aliphatic carbocycles. The topological polar surface area (TPSA) is 41.6 Å². The molecule has 5 heteroatoms. The maximum Gasteiger partial charge on any atom is 0.222 e. The van der Waals surface area contributed by atoms with Gasteiger partial charge in [-0.3, -0.25) is 4.79 Å². The molecule has 96 valence electrons. The Hall–Kier alpha value is -0.320. The first-order chi connectivity index (χ1) is 7.24. The molecule has 1 unspecified atom stereocenters. The number of ether oxygens (including phenoxy) is 1. The molecule has 1 aliphatic rings. The van der Waals surface area contributed by atoms with E-state index >= 15 is 0 Å². The summed E-state index contributed by atoms with van der Waals surface area (Å²) in [6.07, 6.45) is 1.46. The number of hydrogen-bond donors (Lipinski definition) is 1. The summed E-state index contributed by atoms with van der Waals surface area (Å²) >= 11 is 0. The quantitative estimate of drug-likeness (QED) is 0.742. The molecule has 0 aromatic heterocycles. The second kappa shape index (κ2) is 8.79. The zero-order chi connectivity index (χ0) is 11.1. The second-order valence-corrected chi connectivity index (χ2v) is 4.00. The molecule has 0 radical (unpaired) electrons. The molecule has 0 spiro atoms. The first-order valence-electron chi connectivity index (χ1n) is 5.83. The molecule has 0 bridgehead atoms. The number of hydrogen-bond acceptors (Lipinski definition) is 3. The highest BCUT2D eigenvalue weighted by Gasteiger charge is 2.19. The highest BCUT2D eigenvalue weighted by Crippen LogP contribution is 2.03. The smallest absolute Gasteiger partial charge is 0.222 e. The molecule has 0 saturated carbocycles. The maximum absolute atomic E-state index is 11.7. The van der Waals surface area contributed by atoms with E-state index in [1.54, 1.807) is 0 Å². The molecule has 1 aliphatic heterocycles. The van der Waals surface area contributed by atoms with Crippen molar-refractivity contribution in [3.8, 4) is 0 Å². The van der Waals surface area contributed by atoms with Crippen molar-refractivity contribution in [3.05, 3.63) is 0 Å². The number of carbonyl (C=O) groups is 1. The van der Waals surface area contributed by atoms with Gasteiger partial charge in [0.05, 0.1) is 0 Å². The van der Waals surface area contributed by atoms with Crippen LogP contribution in [-0.2, 0) is 9.53 Å². The molecule has 1 amide bonds. The maximum atomic E-state index is 11.7. The molecule has 0 aromatic rings. The van der Waals surface area contributed by atoms with Crippen LogP contribution in [0.3, 0.4) is 0 Å². The van der Waals surface area contributed by atoms with Gasteiger partial charge in [-0.2, -0.15) is 0 Å². The Morgan fingerprint density at radius 1 is 1.56 bits per heavy atom. The van der Waals surface area contributed by atoms with Gasteiger partial charge in [-0.25, -0.2) is 0 Å². The van der Waals surface area contributed by atoms with Gasteiger partial charge in [0, 0.05) is 45.3 Å². The Bertz CT molecular complexity index is 202. The SMILES string of the molecule is CCOCCCC(=O)N1CCNC(C)C1.Cl. The van der Waals surface area contributed by atoms with Crippen LogP contribution in [0.15, 0.2) is 0 Å². The van der Waals surface area contributed by atoms with Crippen molar-refractivity contribution >= 4 is 18.3 Å². The van der Waals surface area contributed by atoms with Gasteiger partial charge in [0.15, 0.2) is 0 Å². The predicted octanol–water partition coefficient (Wildman–Crippen LogP) is 1.05. The van der Waals surface area contributed by atoms with Crippen LogP contribution in [0.5, 0.6) is 0 Å². The summed E-state index contributed by atoms with van der Waals surface area (Å²) in [5, 5.41) is 3.32. The van der Waals surface area contributed by atoms with E-state index < -0.39 is 0 Å². The molecule has 1 saturated heterocycles. The Balaban J connectivity index is 0.00000225. The number of piperazine rings is 1. The molecule has 1 N–H and O–H groups in total. The van der Waals surface area contributed by atoms with E-state index in [0.717, 1.165) is 32.7 Å². The van der Waals surface area contributed by atoms with Gasteiger partial charge in [-0.15, -0.1) is 12.4 Å². The van der Waals surface area contributed by atoms with E-state index in [9.17, 15) is 4.79 Å². The average molecular weight is 251 g/mol. The minimum atomic E-state index is 0. The third-order valence-electron chi connectivity index (χ3n) is 2.60. The zero-order valence-corrected chi connectivity index (χ0v) is 11.0. The molecule has 16 heavy (non-hydrogen) atoms. The van der Waals surface area contributed by atoms with Gasteiger partial charge in [-0.1, -0.05) is 0 Å². The average Bonchev–Trinajstić information content (AvgIpc) is 2.24. The van der Waals surface area contributed by atoms with E-state index in [4.69, 9.17) is 4.74 Å². The molecule has 0 aromatic carbocycles. The van der Waals surface area contributed by atoms with E-state index in [0.29, 0.717) is 19.1 Å². The third-order valence-corrected chi connectivity index (χ3v) is 2.60. The van der Waals surface area contributed by atoms with Crippen molar-refractivity contribution < 1.29 is 9.53 Å². The lowest BCUT2D eigenvalue weighted by Crippen LogP contribution is -2.51. The highest BCUT2D eigenvalue weighted by atomic mass is 35.5. The van der Waals surface area contributed by atoms with Crippen LogP contribution in [-0.4, -0.2) is 49.7 Å². The van der Waals surface area contributed by atoms with Gasteiger partial charge < -0.3 is 15.0 Å². The summed E-state index contributed by atoms with van der Waals surface area (Å²) in [6, 6.07) is 0.426. The fraction of sp³-hybridized carbons (Fsp3) is 0.909. The monoisotopic (exact) mass is 250 g/mol. The van der Waals surface area contributed by atoms with Crippen molar-refractivity contribution in [3.63, 3.8) is 0 Å². The van der Waals surface area contributed by atoms with Gasteiger partial charge in [0.2, 0.25) is 5.91 Å². The number of carbonyl (C=O) groups excluding carboxylic acids is 1. The number of amides is 1. The molecule has 4 nitrogen and oxygen atoms in total. The number of halogens is 1. The fourth-order valence-electron chi connectivity index (χ4n) is 1.79. The lowest BCUT2D eigenvalue weighted by atomic mass is 10.2. The predicted molar refractivity (Wildman–Crippen MR) is 67.0 cm³/mol. The summed E-state index contributed by atoms with van der Waals surface area (Å²) in [4.78, 5) is 13.7. The molecular weight excluding hydrogens is 228 g/mol. The zero-order valence-electron chi connectivity index (χ0n) is 10.2. The van der Waals surface area contributed by atoms with E-state index in [1.807, 2.05) is 11.8 Å².